The van der Waals surface area contributed by atoms with Crippen LogP contribution in [0.1, 0.15) is 21.1 Å². The van der Waals surface area contributed by atoms with Crippen molar-refractivity contribution in [3.8, 4) is 11.3 Å². The molecular weight excluding hydrogens is 399 g/mol. The van der Waals surface area contributed by atoms with Gasteiger partial charge in [0.2, 0.25) is 0 Å². The third kappa shape index (κ3) is 3.59. The van der Waals surface area contributed by atoms with Crippen LogP contribution in [0.15, 0.2) is 75.6 Å². The smallest absolute Gasteiger partial charge is 0.289 e. The minimum Gasteiger partial charge on any atom is -0.451 e. The van der Waals surface area contributed by atoms with E-state index in [1.165, 1.54) is 6.07 Å². The number of hydrogen-bond acceptors (Lipinski definition) is 4. The first-order valence-corrected chi connectivity index (χ1v) is 10.0. The summed E-state index contributed by atoms with van der Waals surface area (Å²) >= 11 is 0. The van der Waals surface area contributed by atoms with Gasteiger partial charge < -0.3 is 18.6 Å². The second kappa shape index (κ2) is 7.75. The van der Waals surface area contributed by atoms with Gasteiger partial charge in [0.1, 0.15) is 17.2 Å². The first kappa shape index (κ1) is 19.1. The molecule has 3 heterocycles. The van der Waals surface area contributed by atoms with Gasteiger partial charge in [-0.05, 0) is 36.4 Å². The maximum atomic E-state index is 14.0. The average Bonchev–Trinajstić information content (AvgIpc) is 3.46. The summed E-state index contributed by atoms with van der Waals surface area (Å²) in [6.07, 6.45) is 0. The largest absolute Gasteiger partial charge is 0.451 e. The van der Waals surface area contributed by atoms with Crippen LogP contribution in [0.4, 0.5) is 4.39 Å². The van der Waals surface area contributed by atoms with E-state index in [2.05, 4.69) is 0 Å². The van der Waals surface area contributed by atoms with Crippen molar-refractivity contribution in [2.24, 2.45) is 0 Å². The number of carbonyl (C=O) groups is 2. The van der Waals surface area contributed by atoms with Gasteiger partial charge in [-0.1, -0.05) is 30.3 Å². The van der Waals surface area contributed by atoms with Crippen LogP contribution >= 0.6 is 0 Å². The van der Waals surface area contributed by atoms with E-state index in [1.54, 1.807) is 46.2 Å². The van der Waals surface area contributed by atoms with Crippen LogP contribution in [-0.4, -0.2) is 47.8 Å². The minimum absolute atomic E-state index is 0.148. The summed E-state index contributed by atoms with van der Waals surface area (Å²) in [6.45, 7) is 1.53. The van der Waals surface area contributed by atoms with Gasteiger partial charge in [0.15, 0.2) is 11.5 Å². The van der Waals surface area contributed by atoms with Crippen molar-refractivity contribution in [3.63, 3.8) is 0 Å². The topological polar surface area (TPSA) is 66.9 Å². The van der Waals surface area contributed by atoms with E-state index in [0.29, 0.717) is 48.8 Å². The third-order valence-electron chi connectivity index (χ3n) is 5.45. The van der Waals surface area contributed by atoms with Crippen molar-refractivity contribution >= 4 is 22.8 Å². The van der Waals surface area contributed by atoms with Crippen molar-refractivity contribution in [2.75, 3.05) is 26.2 Å². The molecule has 6 nitrogen and oxygen atoms in total. The number of nitrogens with zero attached hydrogens (tertiary/aromatic N) is 2. The highest BCUT2D eigenvalue weighted by atomic mass is 19.1. The van der Waals surface area contributed by atoms with E-state index in [9.17, 15) is 14.0 Å². The molecule has 1 fully saturated rings. The Balaban J connectivity index is 1.25. The van der Waals surface area contributed by atoms with E-state index in [1.807, 2.05) is 24.3 Å². The Bertz CT molecular complexity index is 1230. The molecule has 0 unspecified atom stereocenters. The summed E-state index contributed by atoms with van der Waals surface area (Å²) in [6, 6.07) is 18.6. The molecule has 0 radical (unpaired) electrons. The molecule has 0 bridgehead atoms. The molecule has 1 aliphatic rings. The first-order chi connectivity index (χ1) is 15.1. The molecule has 2 aromatic carbocycles. The summed E-state index contributed by atoms with van der Waals surface area (Å²) in [5.41, 5.74) is 0.978. The molecule has 2 aromatic heterocycles. The van der Waals surface area contributed by atoms with Gasteiger partial charge in [-0.2, -0.15) is 0 Å². The van der Waals surface area contributed by atoms with Gasteiger partial charge in [0.05, 0.1) is 5.56 Å². The van der Waals surface area contributed by atoms with Gasteiger partial charge in [-0.25, -0.2) is 4.39 Å². The lowest BCUT2D eigenvalue weighted by Crippen LogP contribution is -2.50. The van der Waals surface area contributed by atoms with Crippen LogP contribution in [0.3, 0.4) is 0 Å². The zero-order valence-electron chi connectivity index (χ0n) is 16.6. The first-order valence-electron chi connectivity index (χ1n) is 10.0. The molecule has 0 aliphatic carbocycles. The molecule has 156 valence electrons. The standard InChI is InChI=1S/C24H19FN2O4/c25-18-7-3-2-6-17(18)20-9-10-21(31-20)23(28)26-11-13-27(14-12-26)24(29)22-15-16-5-1-4-8-19(16)30-22/h1-10,15H,11-14H2. The molecule has 0 atom stereocenters. The molecule has 5 rings (SSSR count). The van der Waals surface area contributed by atoms with E-state index in [0.717, 1.165) is 5.39 Å². The van der Waals surface area contributed by atoms with Gasteiger partial charge in [0, 0.05) is 31.6 Å². The molecular formula is C24H19FN2O4. The SMILES string of the molecule is O=C(c1ccc(-c2ccccc2F)o1)N1CCN(C(=O)c2cc3ccccc3o2)CC1. The fourth-order valence-corrected chi connectivity index (χ4v) is 3.77. The molecule has 0 N–H and O–H groups in total. The fourth-order valence-electron chi connectivity index (χ4n) is 3.77. The molecule has 1 aliphatic heterocycles. The van der Waals surface area contributed by atoms with E-state index < -0.39 is 5.82 Å². The molecule has 1 saturated heterocycles. The Labute approximate surface area is 177 Å². The Morgan fingerprint density at radius 2 is 1.39 bits per heavy atom. The maximum Gasteiger partial charge on any atom is 0.289 e. The molecule has 2 amide bonds. The molecule has 31 heavy (non-hydrogen) atoms. The maximum absolute atomic E-state index is 14.0. The number of hydrogen-bond donors (Lipinski definition) is 0. The van der Waals surface area contributed by atoms with E-state index in [4.69, 9.17) is 8.83 Å². The monoisotopic (exact) mass is 418 g/mol. The zero-order valence-corrected chi connectivity index (χ0v) is 16.6. The quantitative estimate of drug-likeness (QED) is 0.494. The summed E-state index contributed by atoms with van der Waals surface area (Å²) in [4.78, 5) is 28.9. The van der Waals surface area contributed by atoms with Crippen molar-refractivity contribution in [2.45, 2.75) is 0 Å². The average molecular weight is 418 g/mol. The Hall–Kier alpha value is -3.87. The normalized spacial score (nSPS) is 14.2. The number of benzene rings is 2. The molecule has 4 aromatic rings. The molecule has 7 heteroatoms. The molecule has 0 spiro atoms. The summed E-state index contributed by atoms with van der Waals surface area (Å²) in [5.74, 6) is -0.132. The lowest BCUT2D eigenvalue weighted by Gasteiger charge is -2.33. The third-order valence-corrected chi connectivity index (χ3v) is 5.45. The van der Waals surface area contributed by atoms with Gasteiger partial charge in [0.25, 0.3) is 11.8 Å². The molecule has 0 saturated carbocycles. The Morgan fingerprint density at radius 1 is 0.742 bits per heavy atom. The van der Waals surface area contributed by atoms with Crippen LogP contribution in [0, 0.1) is 5.82 Å². The highest BCUT2D eigenvalue weighted by Gasteiger charge is 2.28. The second-order valence-electron chi connectivity index (χ2n) is 7.38. The number of halogens is 1. The number of rotatable bonds is 3. The predicted molar refractivity (Wildman–Crippen MR) is 112 cm³/mol. The summed E-state index contributed by atoms with van der Waals surface area (Å²) < 4.78 is 25.2. The van der Waals surface area contributed by atoms with Crippen LogP contribution in [0.2, 0.25) is 0 Å². The number of piperazine rings is 1. The summed E-state index contributed by atoms with van der Waals surface area (Å²) in [5, 5.41) is 0.878. The number of para-hydroxylation sites is 1. The van der Waals surface area contributed by atoms with E-state index >= 15 is 0 Å². The second-order valence-corrected chi connectivity index (χ2v) is 7.38. The lowest BCUT2D eigenvalue weighted by molar-refractivity contribution is 0.0504. The van der Waals surface area contributed by atoms with Crippen molar-refractivity contribution in [1.82, 2.24) is 9.80 Å². The van der Waals surface area contributed by atoms with Gasteiger partial charge >= 0.3 is 0 Å². The number of amides is 2. The van der Waals surface area contributed by atoms with Gasteiger partial charge in [-0.3, -0.25) is 9.59 Å². The Kier molecular flexibility index (Phi) is 4.78. The predicted octanol–water partition coefficient (Wildman–Crippen LogP) is 4.43. The lowest BCUT2D eigenvalue weighted by atomic mass is 10.1. The fraction of sp³-hybridized carbons (Fsp3) is 0.167. The van der Waals surface area contributed by atoms with Crippen LogP contribution < -0.4 is 0 Å². The highest BCUT2D eigenvalue weighted by Crippen LogP contribution is 2.26. The van der Waals surface area contributed by atoms with Crippen LogP contribution in [-0.2, 0) is 0 Å². The van der Waals surface area contributed by atoms with Crippen molar-refractivity contribution in [3.05, 3.63) is 84.1 Å². The minimum atomic E-state index is -0.409. The highest BCUT2D eigenvalue weighted by molar-refractivity contribution is 5.96. The zero-order chi connectivity index (χ0) is 21.4. The van der Waals surface area contributed by atoms with Gasteiger partial charge in [-0.15, -0.1) is 0 Å². The van der Waals surface area contributed by atoms with E-state index in [-0.39, 0.29) is 17.6 Å². The number of carbonyl (C=O) groups excluding carboxylic acids is 2. The van der Waals surface area contributed by atoms with Crippen molar-refractivity contribution in [1.29, 1.82) is 0 Å². The Morgan fingerprint density at radius 3 is 2.10 bits per heavy atom. The van der Waals surface area contributed by atoms with Crippen molar-refractivity contribution < 1.29 is 22.8 Å². The number of fused-ring (bicyclic) bond motifs is 1. The summed E-state index contributed by atoms with van der Waals surface area (Å²) in [7, 11) is 0. The van der Waals surface area contributed by atoms with Crippen LogP contribution in [0.5, 0.6) is 0 Å². The number of furan rings is 2. The van der Waals surface area contributed by atoms with Crippen LogP contribution in [0.25, 0.3) is 22.3 Å².